The van der Waals surface area contributed by atoms with Crippen molar-refractivity contribution in [2.75, 3.05) is 7.11 Å². The molecule has 2 rings (SSSR count). The van der Waals surface area contributed by atoms with Crippen molar-refractivity contribution < 1.29 is 9.53 Å². The highest BCUT2D eigenvalue weighted by Gasteiger charge is 2.08. The van der Waals surface area contributed by atoms with Gasteiger partial charge in [-0.3, -0.25) is 0 Å². The third kappa shape index (κ3) is 8.08. The van der Waals surface area contributed by atoms with Gasteiger partial charge in [0.15, 0.2) is 0 Å². The van der Waals surface area contributed by atoms with Crippen LogP contribution in [0.1, 0.15) is 106 Å². The lowest BCUT2D eigenvalue weighted by atomic mass is 10.0. The molecule has 3 heteroatoms. The van der Waals surface area contributed by atoms with Crippen molar-refractivity contribution in [2.24, 2.45) is 0 Å². The van der Waals surface area contributed by atoms with Crippen LogP contribution in [0.5, 0.6) is 0 Å². The highest BCUT2D eigenvalue weighted by molar-refractivity contribution is 5.94. The number of carbonyl (C=O) groups is 1. The maximum Gasteiger partial charge on any atom is 0.337 e. The Balaban J connectivity index is 1.52. The van der Waals surface area contributed by atoms with Crippen molar-refractivity contribution >= 4 is 16.9 Å². The number of ether oxygens (including phenoxy) is 1. The molecule has 0 spiro atoms. The summed E-state index contributed by atoms with van der Waals surface area (Å²) in [4.78, 5) is 15.1. The van der Waals surface area contributed by atoms with Gasteiger partial charge in [-0.2, -0.15) is 0 Å². The lowest BCUT2D eigenvalue weighted by Gasteiger charge is -2.03. The van der Waals surface area contributed by atoms with E-state index in [9.17, 15) is 4.79 Å². The van der Waals surface area contributed by atoms with Gasteiger partial charge in [0.1, 0.15) is 0 Å². The van der Waals surface area contributed by atoms with E-state index in [2.05, 4.69) is 18.0 Å². The number of hydrogen-bond donors (Lipinski definition) is 1. The number of fused-ring (bicyclic) bond motifs is 1. The predicted octanol–water partition coefficient (Wildman–Crippen LogP) is 7.59. The highest BCUT2D eigenvalue weighted by atomic mass is 16.5. The minimum Gasteiger partial charge on any atom is -0.465 e. The number of aryl methyl sites for hydroxylation is 1. The van der Waals surface area contributed by atoms with E-state index < -0.39 is 0 Å². The second kappa shape index (κ2) is 13.4. The molecule has 0 aliphatic rings. The molecule has 1 aromatic carbocycles. The van der Waals surface area contributed by atoms with Crippen LogP contribution in [0.2, 0.25) is 0 Å². The molecule has 0 aliphatic heterocycles. The zero-order chi connectivity index (χ0) is 20.0. The second-order valence-electron chi connectivity index (χ2n) is 8.08. The van der Waals surface area contributed by atoms with Crippen LogP contribution in [-0.4, -0.2) is 18.1 Å². The molecular weight excluding hydrogens is 346 g/mol. The molecule has 1 N–H and O–H groups in total. The number of H-pyrrole nitrogens is 1. The summed E-state index contributed by atoms with van der Waals surface area (Å²) in [5.41, 5.74) is 2.89. The van der Waals surface area contributed by atoms with Crippen LogP contribution in [0.15, 0.2) is 24.3 Å². The molecule has 0 bridgehead atoms. The summed E-state index contributed by atoms with van der Waals surface area (Å²) >= 11 is 0. The van der Waals surface area contributed by atoms with Crippen LogP contribution in [0.25, 0.3) is 10.9 Å². The van der Waals surface area contributed by atoms with Crippen LogP contribution in [-0.2, 0) is 11.2 Å². The fraction of sp³-hybridized carbons (Fsp3) is 0.640. The number of rotatable bonds is 15. The van der Waals surface area contributed by atoms with Gasteiger partial charge in [-0.05, 0) is 36.4 Å². The Kier molecular flexibility index (Phi) is 10.8. The summed E-state index contributed by atoms with van der Waals surface area (Å²) in [6, 6.07) is 7.91. The second-order valence-corrected chi connectivity index (χ2v) is 8.08. The van der Waals surface area contributed by atoms with E-state index >= 15 is 0 Å². The van der Waals surface area contributed by atoms with Crippen molar-refractivity contribution in [3.05, 3.63) is 35.5 Å². The summed E-state index contributed by atoms with van der Waals surface area (Å²) in [5, 5.41) is 1.16. The Bertz CT molecular complexity index is 689. The maximum atomic E-state index is 11.6. The summed E-state index contributed by atoms with van der Waals surface area (Å²) in [7, 11) is 1.42. The van der Waals surface area contributed by atoms with Crippen molar-refractivity contribution in [1.82, 2.24) is 4.98 Å². The van der Waals surface area contributed by atoms with Gasteiger partial charge in [-0.15, -0.1) is 0 Å². The fourth-order valence-corrected chi connectivity index (χ4v) is 3.90. The molecule has 0 unspecified atom stereocenters. The van der Waals surface area contributed by atoms with Crippen molar-refractivity contribution in [3.63, 3.8) is 0 Å². The summed E-state index contributed by atoms with van der Waals surface area (Å²) in [6.45, 7) is 2.28. The molecule has 0 saturated carbocycles. The molecule has 0 fully saturated rings. The van der Waals surface area contributed by atoms with Crippen LogP contribution in [0.3, 0.4) is 0 Å². The van der Waals surface area contributed by atoms with Gasteiger partial charge in [-0.1, -0.05) is 90.0 Å². The number of aromatic amines is 1. The third-order valence-corrected chi connectivity index (χ3v) is 5.65. The first-order valence-electron chi connectivity index (χ1n) is 11.4. The van der Waals surface area contributed by atoms with E-state index in [-0.39, 0.29) is 5.97 Å². The number of hydrogen-bond acceptors (Lipinski definition) is 2. The first kappa shape index (κ1) is 22.5. The number of methoxy groups -OCH3 is 1. The molecule has 28 heavy (non-hydrogen) atoms. The molecule has 1 heterocycles. The molecule has 0 radical (unpaired) electrons. The van der Waals surface area contributed by atoms with E-state index in [1.165, 1.54) is 96.3 Å². The molecule has 1 aromatic heterocycles. The van der Waals surface area contributed by atoms with Crippen molar-refractivity contribution in [3.8, 4) is 0 Å². The first-order chi connectivity index (χ1) is 13.7. The predicted molar refractivity (Wildman–Crippen MR) is 119 cm³/mol. The maximum absolute atomic E-state index is 11.6. The lowest BCUT2D eigenvalue weighted by Crippen LogP contribution is -2.00. The van der Waals surface area contributed by atoms with Crippen LogP contribution < -0.4 is 0 Å². The first-order valence-corrected chi connectivity index (χ1v) is 11.4. The molecule has 2 aromatic rings. The molecule has 0 atom stereocenters. The third-order valence-electron chi connectivity index (χ3n) is 5.65. The standard InChI is InChI=1S/C25H39NO2/c1-3-4-5-6-7-8-9-10-11-12-13-14-15-16-23-19-21-17-18-22(25(27)28-2)20-24(21)26-23/h17-20,26H,3-16H2,1-2H3. The minimum atomic E-state index is -0.283. The van der Waals surface area contributed by atoms with Crippen molar-refractivity contribution in [2.45, 2.75) is 96.8 Å². The van der Waals surface area contributed by atoms with Gasteiger partial charge < -0.3 is 9.72 Å². The average molecular weight is 386 g/mol. The quantitative estimate of drug-likeness (QED) is 0.253. The SMILES string of the molecule is CCCCCCCCCCCCCCCc1cc2ccc(C(=O)OC)cc2[nH]1. The molecule has 0 aliphatic carbocycles. The minimum absolute atomic E-state index is 0.283. The average Bonchev–Trinajstić information content (AvgIpc) is 3.12. The number of aromatic nitrogens is 1. The smallest absolute Gasteiger partial charge is 0.337 e. The van der Waals surface area contributed by atoms with Gasteiger partial charge in [0.05, 0.1) is 12.7 Å². The Morgan fingerprint density at radius 3 is 1.96 bits per heavy atom. The van der Waals surface area contributed by atoms with Gasteiger partial charge in [0.2, 0.25) is 0 Å². The Morgan fingerprint density at radius 1 is 0.821 bits per heavy atom. The number of nitrogens with one attached hydrogen (secondary N) is 1. The van der Waals surface area contributed by atoms with Gasteiger partial charge in [0, 0.05) is 11.2 Å². The summed E-state index contributed by atoms with van der Waals surface area (Å²) in [5.74, 6) is -0.283. The van der Waals surface area contributed by atoms with Crippen LogP contribution in [0.4, 0.5) is 0 Å². The molecule has 3 nitrogen and oxygen atoms in total. The normalized spacial score (nSPS) is 11.2. The topological polar surface area (TPSA) is 42.1 Å². The van der Waals surface area contributed by atoms with Gasteiger partial charge >= 0.3 is 5.97 Å². The zero-order valence-corrected chi connectivity index (χ0v) is 18.0. The van der Waals surface area contributed by atoms with E-state index in [1.54, 1.807) is 0 Å². The number of unbranched alkanes of at least 4 members (excludes halogenated alkanes) is 12. The monoisotopic (exact) mass is 385 g/mol. The Labute approximate surface area is 171 Å². The van der Waals surface area contributed by atoms with Crippen molar-refractivity contribution in [1.29, 1.82) is 0 Å². The van der Waals surface area contributed by atoms with Gasteiger partial charge in [0.25, 0.3) is 0 Å². The molecule has 0 saturated heterocycles. The fourth-order valence-electron chi connectivity index (χ4n) is 3.90. The van der Waals surface area contributed by atoms with E-state index in [4.69, 9.17) is 4.74 Å². The van der Waals surface area contributed by atoms with E-state index in [0.29, 0.717) is 5.56 Å². The molecule has 156 valence electrons. The molecular formula is C25H39NO2. The number of carbonyl (C=O) groups excluding carboxylic acids is 1. The Morgan fingerprint density at radius 2 is 1.39 bits per heavy atom. The zero-order valence-electron chi connectivity index (χ0n) is 18.0. The van der Waals surface area contributed by atoms with Crippen LogP contribution in [0, 0.1) is 0 Å². The Hall–Kier alpha value is -1.77. The van der Waals surface area contributed by atoms with E-state index in [1.807, 2.05) is 18.2 Å². The van der Waals surface area contributed by atoms with Crippen LogP contribution >= 0.6 is 0 Å². The number of benzene rings is 1. The number of esters is 1. The van der Waals surface area contributed by atoms with E-state index in [0.717, 1.165) is 17.3 Å². The largest absolute Gasteiger partial charge is 0.465 e. The summed E-state index contributed by atoms with van der Waals surface area (Å²) in [6.07, 6.45) is 19.1. The summed E-state index contributed by atoms with van der Waals surface area (Å²) < 4.78 is 4.79. The molecule has 0 amide bonds. The lowest BCUT2D eigenvalue weighted by molar-refractivity contribution is 0.0601. The highest BCUT2D eigenvalue weighted by Crippen LogP contribution is 2.20. The van der Waals surface area contributed by atoms with Gasteiger partial charge in [-0.25, -0.2) is 4.79 Å².